The maximum absolute atomic E-state index is 13.1. The molecule has 0 bridgehead atoms. The van der Waals surface area contributed by atoms with Gasteiger partial charge in [0.05, 0.1) is 40.6 Å². The van der Waals surface area contributed by atoms with E-state index in [4.69, 9.17) is 20.9 Å². The van der Waals surface area contributed by atoms with Crippen molar-refractivity contribution in [3.8, 4) is 22.9 Å². The van der Waals surface area contributed by atoms with Gasteiger partial charge in [0.1, 0.15) is 24.3 Å². The Labute approximate surface area is 218 Å². The number of rotatable bonds is 8. The molecule has 37 heavy (non-hydrogen) atoms. The van der Waals surface area contributed by atoms with Gasteiger partial charge in [0.15, 0.2) is 0 Å². The van der Waals surface area contributed by atoms with E-state index < -0.39 is 13.7 Å². The van der Waals surface area contributed by atoms with Gasteiger partial charge in [-0.05, 0) is 56.7 Å². The number of aryl methyl sites for hydroxylation is 1. The van der Waals surface area contributed by atoms with Gasteiger partial charge in [-0.2, -0.15) is 5.26 Å². The van der Waals surface area contributed by atoms with E-state index in [9.17, 15) is 19.5 Å². The summed E-state index contributed by atoms with van der Waals surface area (Å²) in [6.07, 6.45) is 2.37. The zero-order chi connectivity index (χ0) is 26.7. The van der Waals surface area contributed by atoms with Crippen molar-refractivity contribution in [1.29, 1.82) is 5.26 Å². The number of halogens is 1. The Morgan fingerprint density at radius 2 is 2.00 bits per heavy atom. The van der Waals surface area contributed by atoms with Crippen LogP contribution in [0.15, 0.2) is 59.7 Å². The molecule has 0 saturated carbocycles. The van der Waals surface area contributed by atoms with E-state index in [-0.39, 0.29) is 35.0 Å². The van der Waals surface area contributed by atoms with Gasteiger partial charge in [0.25, 0.3) is 5.56 Å². The fourth-order valence-corrected chi connectivity index (χ4v) is 5.36. The van der Waals surface area contributed by atoms with Crippen molar-refractivity contribution in [2.24, 2.45) is 0 Å². The Hall–Kier alpha value is -3.54. The predicted octanol–water partition coefficient (Wildman–Crippen LogP) is 4.61. The number of fused-ring (bicyclic) bond motifs is 1. The number of aromatic nitrogens is 3. The lowest BCUT2D eigenvalue weighted by atomic mass is 10.0. The first-order valence-corrected chi connectivity index (χ1v) is 13.4. The van der Waals surface area contributed by atoms with Crippen LogP contribution in [0.25, 0.3) is 22.0 Å². The van der Waals surface area contributed by atoms with Crippen molar-refractivity contribution in [2.75, 3.05) is 6.61 Å². The summed E-state index contributed by atoms with van der Waals surface area (Å²) >= 11 is 6.25. The van der Waals surface area contributed by atoms with Crippen LogP contribution in [0.4, 0.5) is 0 Å². The first-order valence-electron chi connectivity index (χ1n) is 11.4. The molecule has 0 amide bonds. The quantitative estimate of drug-likeness (QED) is 0.322. The summed E-state index contributed by atoms with van der Waals surface area (Å²) in [6, 6.07) is 13.6. The summed E-state index contributed by atoms with van der Waals surface area (Å²) in [4.78, 5) is 31.9. The number of ether oxygens (including phenoxy) is 1. The largest absolute Gasteiger partial charge is 0.491 e. The number of hydrogen-bond donors (Lipinski definition) is 1. The molecule has 1 N–H and O–H groups in total. The van der Waals surface area contributed by atoms with E-state index >= 15 is 0 Å². The molecule has 0 spiro atoms. The summed E-state index contributed by atoms with van der Waals surface area (Å²) < 4.78 is 25.4. The summed E-state index contributed by atoms with van der Waals surface area (Å²) in [6.45, 7) is 5.37. The summed E-state index contributed by atoms with van der Waals surface area (Å²) in [5, 5.41) is 10.2. The molecule has 0 radical (unpaired) electrons. The molecule has 2 heterocycles. The minimum Gasteiger partial charge on any atom is -0.491 e. The standard InChI is InChI=1S/C26H24ClN4O5P/c1-16(2)36-37(33,34)21-6-4-5-18(11-21)22-12-20(27)7-8-24(22)35-10-9-31-17(3)30-23-15-29-14-19(13-28)25(23)26(31)32/h4-8,11-12,14-16H,9-10H2,1-3H3,(H,33,34). The Morgan fingerprint density at radius 3 is 2.73 bits per heavy atom. The number of nitriles is 1. The first-order chi connectivity index (χ1) is 17.6. The van der Waals surface area contributed by atoms with Gasteiger partial charge in [-0.15, -0.1) is 0 Å². The SMILES string of the molecule is Cc1nc2cncc(C#N)c2c(=O)n1CCOc1ccc(Cl)cc1-c1cccc(P(=O)(O)OC(C)C)c1. The minimum absolute atomic E-state index is 0.115. The fraction of sp³-hybridized carbons (Fsp3) is 0.231. The molecule has 11 heteroatoms. The van der Waals surface area contributed by atoms with Crippen molar-refractivity contribution in [3.63, 3.8) is 0 Å². The summed E-state index contributed by atoms with van der Waals surface area (Å²) in [7, 11) is -4.02. The van der Waals surface area contributed by atoms with Gasteiger partial charge in [-0.3, -0.25) is 18.9 Å². The molecule has 2 aromatic heterocycles. The van der Waals surface area contributed by atoms with Crippen molar-refractivity contribution in [1.82, 2.24) is 14.5 Å². The number of nitrogens with zero attached hydrogens (tertiary/aromatic N) is 4. The van der Waals surface area contributed by atoms with Gasteiger partial charge in [-0.1, -0.05) is 23.7 Å². The maximum atomic E-state index is 13.1. The molecule has 4 aromatic rings. The monoisotopic (exact) mass is 538 g/mol. The van der Waals surface area contributed by atoms with Crippen molar-refractivity contribution in [2.45, 2.75) is 33.4 Å². The van der Waals surface area contributed by atoms with E-state index in [0.29, 0.717) is 33.2 Å². The lowest BCUT2D eigenvalue weighted by Crippen LogP contribution is -2.27. The molecule has 190 valence electrons. The van der Waals surface area contributed by atoms with E-state index in [1.165, 1.54) is 23.0 Å². The van der Waals surface area contributed by atoms with E-state index in [1.54, 1.807) is 57.2 Å². The topological polar surface area (TPSA) is 127 Å². The molecule has 4 rings (SSSR count). The molecule has 0 saturated heterocycles. The highest BCUT2D eigenvalue weighted by Gasteiger charge is 2.25. The van der Waals surface area contributed by atoms with Crippen molar-refractivity contribution in [3.05, 3.63) is 81.6 Å². The Kier molecular flexibility index (Phi) is 7.76. The van der Waals surface area contributed by atoms with E-state index in [0.717, 1.165) is 0 Å². The van der Waals surface area contributed by atoms with Gasteiger partial charge < -0.3 is 14.2 Å². The van der Waals surface area contributed by atoms with E-state index in [2.05, 4.69) is 9.97 Å². The molecule has 1 unspecified atom stereocenters. The Morgan fingerprint density at radius 1 is 1.22 bits per heavy atom. The van der Waals surface area contributed by atoms with Crippen LogP contribution in [-0.4, -0.2) is 32.1 Å². The minimum atomic E-state index is -4.02. The van der Waals surface area contributed by atoms with Crippen LogP contribution in [0.2, 0.25) is 5.02 Å². The van der Waals surface area contributed by atoms with Crippen molar-refractivity contribution < 1.29 is 18.7 Å². The summed E-state index contributed by atoms with van der Waals surface area (Å²) in [5.41, 5.74) is 1.40. The van der Waals surface area contributed by atoms with Crippen LogP contribution in [0.1, 0.15) is 25.2 Å². The van der Waals surface area contributed by atoms with Crippen LogP contribution in [0.3, 0.4) is 0 Å². The third kappa shape index (κ3) is 5.74. The highest BCUT2D eigenvalue weighted by atomic mass is 35.5. The molecule has 0 aliphatic rings. The number of pyridine rings is 1. The fourth-order valence-electron chi connectivity index (χ4n) is 3.92. The van der Waals surface area contributed by atoms with Crippen molar-refractivity contribution >= 4 is 35.4 Å². The third-order valence-electron chi connectivity index (χ3n) is 5.53. The maximum Gasteiger partial charge on any atom is 0.359 e. The Balaban J connectivity index is 1.63. The highest BCUT2D eigenvalue weighted by Crippen LogP contribution is 2.43. The normalized spacial score (nSPS) is 12.9. The van der Waals surface area contributed by atoms with Crippen LogP contribution in [-0.2, 0) is 15.6 Å². The molecular weight excluding hydrogens is 515 g/mol. The molecule has 0 fully saturated rings. The molecule has 0 aliphatic carbocycles. The lowest BCUT2D eigenvalue weighted by molar-refractivity contribution is 0.212. The first kappa shape index (κ1) is 26.5. The van der Waals surface area contributed by atoms with Crippen LogP contribution < -0.4 is 15.6 Å². The summed E-state index contributed by atoms with van der Waals surface area (Å²) in [5.74, 6) is 0.936. The van der Waals surface area contributed by atoms with Crippen LogP contribution in [0.5, 0.6) is 5.75 Å². The highest BCUT2D eigenvalue weighted by molar-refractivity contribution is 7.61. The van der Waals surface area contributed by atoms with Gasteiger partial charge >= 0.3 is 7.60 Å². The zero-order valence-electron chi connectivity index (χ0n) is 20.4. The second kappa shape index (κ2) is 10.8. The molecule has 2 aromatic carbocycles. The average Bonchev–Trinajstić information content (AvgIpc) is 2.85. The van der Waals surface area contributed by atoms with Crippen LogP contribution >= 0.6 is 19.2 Å². The second-order valence-corrected chi connectivity index (χ2v) is 10.7. The second-order valence-electron chi connectivity index (χ2n) is 8.52. The molecule has 1 atom stereocenters. The van der Waals surface area contributed by atoms with Crippen LogP contribution in [0, 0.1) is 18.3 Å². The molecule has 0 aliphatic heterocycles. The number of benzene rings is 2. The third-order valence-corrected chi connectivity index (χ3v) is 7.40. The molecular formula is C26H24ClN4O5P. The predicted molar refractivity (Wildman–Crippen MR) is 141 cm³/mol. The molecule has 9 nitrogen and oxygen atoms in total. The lowest BCUT2D eigenvalue weighted by Gasteiger charge is -2.17. The van der Waals surface area contributed by atoms with Gasteiger partial charge in [0.2, 0.25) is 0 Å². The zero-order valence-corrected chi connectivity index (χ0v) is 22.0. The average molecular weight is 539 g/mol. The smallest absolute Gasteiger partial charge is 0.359 e. The van der Waals surface area contributed by atoms with E-state index in [1.807, 2.05) is 6.07 Å². The number of hydrogen-bond acceptors (Lipinski definition) is 7. The van der Waals surface area contributed by atoms with Gasteiger partial charge in [0, 0.05) is 16.8 Å². The van der Waals surface area contributed by atoms with Gasteiger partial charge in [-0.25, -0.2) is 4.98 Å². The Bertz CT molecular complexity index is 1630.